The van der Waals surface area contributed by atoms with Crippen LogP contribution in [0.4, 0.5) is 0 Å². The Morgan fingerprint density at radius 3 is 1.25 bits per heavy atom. The zero-order chi connectivity index (χ0) is 46.0. The molecule has 0 aliphatic carbocycles. The lowest BCUT2D eigenvalue weighted by atomic mass is 10.2. The third-order valence-electron chi connectivity index (χ3n) is 9.51. The van der Waals surface area contributed by atoms with E-state index in [1.807, 2.05) is 6.92 Å². The molecule has 0 atom stereocenters. The molecule has 0 aromatic heterocycles. The minimum absolute atomic E-state index is 0.226. The minimum atomic E-state index is -0.543. The van der Waals surface area contributed by atoms with Crippen LogP contribution in [0.15, 0.2) is 84.9 Å². The molecule has 14 heteroatoms. The molecule has 0 radical (unpaired) electrons. The van der Waals surface area contributed by atoms with Gasteiger partial charge >= 0.3 is 29.8 Å². The molecule has 3 aromatic rings. The van der Waals surface area contributed by atoms with Crippen molar-refractivity contribution in [3.05, 3.63) is 96.1 Å². The first kappa shape index (κ1) is 52.3. The van der Waals surface area contributed by atoms with E-state index >= 15 is 0 Å². The molecule has 0 saturated carbocycles. The van der Waals surface area contributed by atoms with Crippen molar-refractivity contribution in [3.8, 4) is 23.0 Å². The first-order chi connectivity index (χ1) is 31.2. The molecule has 0 N–H and O–H groups in total. The van der Waals surface area contributed by atoms with Crippen LogP contribution in [0.1, 0.15) is 130 Å². The predicted octanol–water partition coefficient (Wildman–Crippen LogP) is 9.55. The smallest absolute Gasteiger partial charge is 0.343 e. The van der Waals surface area contributed by atoms with Crippen molar-refractivity contribution in [2.45, 2.75) is 110 Å². The van der Waals surface area contributed by atoms with E-state index in [-0.39, 0.29) is 30.3 Å². The SMILES string of the molecule is C=C(C=O)COCCCCCC(=O)OCCCCCC(=O)OCCCCCC(=O)OCCCCCCOc1ccc(C(=O)Oc2ccc(C(=O)Oc3ccc(OCC)cc3)cc2)cc1. The Bertz CT molecular complexity index is 1840. The summed E-state index contributed by atoms with van der Waals surface area (Å²) in [6.07, 6.45) is 11.7. The zero-order valence-corrected chi connectivity index (χ0v) is 37.2. The van der Waals surface area contributed by atoms with Crippen LogP contribution in [0.2, 0.25) is 0 Å². The second-order valence-electron chi connectivity index (χ2n) is 14.9. The van der Waals surface area contributed by atoms with Crippen molar-refractivity contribution in [3.63, 3.8) is 0 Å². The van der Waals surface area contributed by atoms with Gasteiger partial charge in [-0.2, -0.15) is 0 Å². The van der Waals surface area contributed by atoms with E-state index in [1.165, 1.54) is 24.3 Å². The third kappa shape index (κ3) is 24.0. The average Bonchev–Trinajstić information content (AvgIpc) is 3.30. The molecular formula is C50H64O14. The van der Waals surface area contributed by atoms with E-state index in [4.69, 9.17) is 37.9 Å². The number of ether oxygens (including phenoxy) is 8. The van der Waals surface area contributed by atoms with Crippen LogP contribution < -0.4 is 18.9 Å². The fraction of sp³-hybridized carbons (Fsp3) is 0.480. The van der Waals surface area contributed by atoms with Crippen molar-refractivity contribution >= 4 is 36.1 Å². The standard InChI is InChI=1S/C50H64O14/c1-3-58-42-28-30-45(31-29-42)64-50(56)41-22-26-44(27-23-41)63-49(55)40-20-24-43(25-21-40)59-33-13-4-5-14-34-60-47(53)18-10-7-16-36-62-48(54)19-11-8-15-35-61-46(52)17-9-6-12-32-57-38-39(2)37-51/h20-31,37H,2-19,32-36,38H2,1H3. The van der Waals surface area contributed by atoms with Crippen molar-refractivity contribution in [1.82, 2.24) is 0 Å². The molecule has 0 saturated heterocycles. The highest BCUT2D eigenvalue weighted by atomic mass is 16.6. The maximum Gasteiger partial charge on any atom is 0.343 e. The van der Waals surface area contributed by atoms with Gasteiger partial charge < -0.3 is 37.9 Å². The van der Waals surface area contributed by atoms with Gasteiger partial charge in [0.25, 0.3) is 0 Å². The van der Waals surface area contributed by atoms with Gasteiger partial charge in [0.2, 0.25) is 0 Å². The Hall–Kier alpha value is -6.02. The van der Waals surface area contributed by atoms with Crippen LogP contribution in [0.5, 0.6) is 23.0 Å². The second-order valence-corrected chi connectivity index (χ2v) is 14.9. The number of hydrogen-bond donors (Lipinski definition) is 0. The van der Waals surface area contributed by atoms with Gasteiger partial charge in [0.05, 0.1) is 50.8 Å². The number of aldehydes is 1. The maximum absolute atomic E-state index is 12.7. The van der Waals surface area contributed by atoms with Gasteiger partial charge in [-0.1, -0.05) is 13.0 Å². The zero-order valence-electron chi connectivity index (χ0n) is 37.2. The molecule has 0 bridgehead atoms. The Morgan fingerprint density at radius 2 is 0.812 bits per heavy atom. The highest BCUT2D eigenvalue weighted by Gasteiger charge is 2.13. The Morgan fingerprint density at radius 1 is 0.453 bits per heavy atom. The third-order valence-corrected chi connectivity index (χ3v) is 9.51. The summed E-state index contributed by atoms with van der Waals surface area (Å²) in [6.45, 7) is 8.27. The molecular weight excluding hydrogens is 825 g/mol. The van der Waals surface area contributed by atoms with Crippen LogP contribution >= 0.6 is 0 Å². The summed E-state index contributed by atoms with van der Waals surface area (Å²) >= 11 is 0. The lowest BCUT2D eigenvalue weighted by Gasteiger charge is -2.09. The van der Waals surface area contributed by atoms with Crippen LogP contribution in [0.25, 0.3) is 0 Å². The summed E-state index contributed by atoms with van der Waals surface area (Å²) in [5.41, 5.74) is 1.07. The summed E-state index contributed by atoms with van der Waals surface area (Å²) in [5, 5.41) is 0. The van der Waals surface area contributed by atoms with Gasteiger partial charge in [0, 0.05) is 31.4 Å². The first-order valence-corrected chi connectivity index (χ1v) is 22.3. The quantitative estimate of drug-likeness (QED) is 0.0136. The largest absolute Gasteiger partial charge is 0.494 e. The van der Waals surface area contributed by atoms with Gasteiger partial charge in [-0.05, 0) is 157 Å². The van der Waals surface area contributed by atoms with Crippen LogP contribution in [0, 0.1) is 0 Å². The highest BCUT2D eigenvalue weighted by Crippen LogP contribution is 2.21. The summed E-state index contributed by atoms with van der Waals surface area (Å²) in [5.74, 6) is 0.203. The van der Waals surface area contributed by atoms with E-state index in [1.54, 1.807) is 48.5 Å². The molecule has 64 heavy (non-hydrogen) atoms. The number of hydrogen-bond acceptors (Lipinski definition) is 14. The molecule has 0 spiro atoms. The molecule has 14 nitrogen and oxygen atoms in total. The summed E-state index contributed by atoms with van der Waals surface area (Å²) < 4.78 is 43.2. The molecule has 0 fully saturated rings. The van der Waals surface area contributed by atoms with Crippen molar-refractivity contribution in [1.29, 1.82) is 0 Å². The van der Waals surface area contributed by atoms with Gasteiger partial charge in [-0.15, -0.1) is 0 Å². The molecule has 0 aliphatic rings. The fourth-order valence-electron chi connectivity index (χ4n) is 5.95. The van der Waals surface area contributed by atoms with Crippen LogP contribution in [-0.4, -0.2) is 82.4 Å². The Kier molecular flexibility index (Phi) is 26.7. The van der Waals surface area contributed by atoms with Gasteiger partial charge in [-0.3, -0.25) is 19.2 Å². The van der Waals surface area contributed by atoms with Crippen LogP contribution in [-0.2, 0) is 38.1 Å². The lowest BCUT2D eigenvalue weighted by Crippen LogP contribution is -2.10. The van der Waals surface area contributed by atoms with E-state index in [2.05, 4.69) is 6.58 Å². The van der Waals surface area contributed by atoms with E-state index in [9.17, 15) is 28.8 Å². The molecule has 348 valence electrons. The monoisotopic (exact) mass is 888 g/mol. The summed E-state index contributed by atoms with van der Waals surface area (Å²) in [6, 6.07) is 19.5. The number of carbonyl (C=O) groups is 6. The molecule has 0 amide bonds. The summed E-state index contributed by atoms with van der Waals surface area (Å²) in [4.78, 5) is 71.5. The number of unbranched alkanes of at least 4 members (excludes halogenated alkanes) is 9. The second kappa shape index (κ2) is 32.6. The summed E-state index contributed by atoms with van der Waals surface area (Å²) in [7, 11) is 0. The van der Waals surface area contributed by atoms with Gasteiger partial charge in [0.1, 0.15) is 29.3 Å². The minimum Gasteiger partial charge on any atom is -0.494 e. The molecule has 3 rings (SSSR count). The lowest BCUT2D eigenvalue weighted by molar-refractivity contribution is -0.145. The van der Waals surface area contributed by atoms with Gasteiger partial charge in [-0.25, -0.2) is 9.59 Å². The van der Waals surface area contributed by atoms with Crippen molar-refractivity contribution in [2.24, 2.45) is 0 Å². The molecule has 0 unspecified atom stereocenters. The predicted molar refractivity (Wildman–Crippen MR) is 239 cm³/mol. The first-order valence-electron chi connectivity index (χ1n) is 22.3. The topological polar surface area (TPSA) is 176 Å². The molecule has 3 aromatic carbocycles. The number of rotatable bonds is 35. The maximum atomic E-state index is 12.7. The Balaban J connectivity index is 1.09. The number of esters is 5. The van der Waals surface area contributed by atoms with Gasteiger partial charge in [0.15, 0.2) is 0 Å². The highest BCUT2D eigenvalue weighted by molar-refractivity contribution is 5.92. The molecule has 0 aliphatic heterocycles. The van der Waals surface area contributed by atoms with Crippen molar-refractivity contribution in [2.75, 3.05) is 46.2 Å². The van der Waals surface area contributed by atoms with Crippen LogP contribution in [0.3, 0.4) is 0 Å². The normalized spacial score (nSPS) is 10.6. The Labute approximate surface area is 376 Å². The fourth-order valence-corrected chi connectivity index (χ4v) is 5.95. The molecule has 0 heterocycles. The van der Waals surface area contributed by atoms with E-state index in [0.717, 1.165) is 57.8 Å². The van der Waals surface area contributed by atoms with E-state index in [0.29, 0.717) is 125 Å². The number of carbonyl (C=O) groups excluding carboxylic acids is 6. The van der Waals surface area contributed by atoms with E-state index < -0.39 is 11.9 Å². The number of benzene rings is 3. The average molecular weight is 889 g/mol. The van der Waals surface area contributed by atoms with Crippen molar-refractivity contribution < 1.29 is 66.7 Å².